The topological polar surface area (TPSA) is 68.3 Å². The fourth-order valence-corrected chi connectivity index (χ4v) is 1.66. The molecule has 0 aliphatic carbocycles. The third-order valence-electron chi connectivity index (χ3n) is 2.48. The SMILES string of the molecule is CCOC(=O)C(CC(C)C)NC(=O)c1ccccn1. The molecule has 1 aromatic rings. The molecule has 1 atom stereocenters. The maximum absolute atomic E-state index is 12.0. The van der Waals surface area contributed by atoms with Gasteiger partial charge in [-0.1, -0.05) is 19.9 Å². The maximum Gasteiger partial charge on any atom is 0.328 e. The van der Waals surface area contributed by atoms with Crippen LogP contribution in [0.25, 0.3) is 0 Å². The van der Waals surface area contributed by atoms with Crippen LogP contribution < -0.4 is 5.32 Å². The van der Waals surface area contributed by atoms with E-state index in [0.717, 1.165) is 0 Å². The van der Waals surface area contributed by atoms with E-state index in [1.807, 2.05) is 13.8 Å². The summed E-state index contributed by atoms with van der Waals surface area (Å²) in [4.78, 5) is 27.7. The fraction of sp³-hybridized carbons (Fsp3) is 0.500. The molecule has 0 bridgehead atoms. The first-order valence-electron chi connectivity index (χ1n) is 6.43. The van der Waals surface area contributed by atoms with Gasteiger partial charge in [0.1, 0.15) is 11.7 Å². The number of esters is 1. The van der Waals surface area contributed by atoms with Crippen LogP contribution in [0, 0.1) is 5.92 Å². The molecular formula is C14H20N2O3. The molecule has 5 heteroatoms. The smallest absolute Gasteiger partial charge is 0.328 e. The third-order valence-corrected chi connectivity index (χ3v) is 2.48. The molecule has 1 unspecified atom stereocenters. The molecule has 5 nitrogen and oxygen atoms in total. The minimum Gasteiger partial charge on any atom is -0.464 e. The molecule has 0 spiro atoms. The Kier molecular flexibility index (Phi) is 5.99. The number of nitrogens with one attached hydrogen (secondary N) is 1. The van der Waals surface area contributed by atoms with Crippen molar-refractivity contribution in [3.05, 3.63) is 30.1 Å². The van der Waals surface area contributed by atoms with Gasteiger partial charge in [0.25, 0.3) is 5.91 Å². The highest BCUT2D eigenvalue weighted by Gasteiger charge is 2.23. The van der Waals surface area contributed by atoms with Gasteiger partial charge in [-0.05, 0) is 31.4 Å². The van der Waals surface area contributed by atoms with E-state index < -0.39 is 12.0 Å². The van der Waals surface area contributed by atoms with Gasteiger partial charge in [-0.2, -0.15) is 0 Å². The number of ether oxygens (including phenoxy) is 1. The molecule has 0 aliphatic heterocycles. The number of pyridine rings is 1. The van der Waals surface area contributed by atoms with Crippen molar-refractivity contribution in [1.82, 2.24) is 10.3 Å². The summed E-state index contributed by atoms with van der Waals surface area (Å²) in [5.74, 6) is -0.488. The molecule has 1 amide bonds. The number of carbonyl (C=O) groups is 2. The summed E-state index contributed by atoms with van der Waals surface area (Å²) in [7, 11) is 0. The molecule has 1 N–H and O–H groups in total. The van der Waals surface area contributed by atoms with E-state index in [0.29, 0.717) is 18.7 Å². The van der Waals surface area contributed by atoms with Crippen molar-refractivity contribution >= 4 is 11.9 Å². The molecule has 19 heavy (non-hydrogen) atoms. The summed E-state index contributed by atoms with van der Waals surface area (Å²) in [5.41, 5.74) is 0.292. The third kappa shape index (κ3) is 5.07. The van der Waals surface area contributed by atoms with Crippen LogP contribution in [0.4, 0.5) is 0 Å². The quantitative estimate of drug-likeness (QED) is 0.795. The standard InChI is InChI=1S/C14H20N2O3/c1-4-19-14(18)12(9-10(2)3)16-13(17)11-7-5-6-8-15-11/h5-8,10,12H,4,9H2,1-3H3,(H,16,17). The Balaban J connectivity index is 2.71. The average molecular weight is 264 g/mol. The molecule has 104 valence electrons. The van der Waals surface area contributed by atoms with Crippen molar-refractivity contribution in [2.75, 3.05) is 6.61 Å². The van der Waals surface area contributed by atoms with E-state index in [1.54, 1.807) is 25.1 Å². The second-order valence-corrected chi connectivity index (χ2v) is 4.62. The maximum atomic E-state index is 12.0. The summed E-state index contributed by atoms with van der Waals surface area (Å²) in [6.07, 6.45) is 2.08. The van der Waals surface area contributed by atoms with Gasteiger partial charge >= 0.3 is 5.97 Å². The minimum atomic E-state index is -0.630. The van der Waals surface area contributed by atoms with Gasteiger partial charge in [-0.25, -0.2) is 4.79 Å². The number of amides is 1. The Morgan fingerprint density at radius 3 is 2.63 bits per heavy atom. The summed E-state index contributed by atoms with van der Waals surface area (Å²) in [5, 5.41) is 2.67. The second-order valence-electron chi connectivity index (χ2n) is 4.62. The highest BCUT2D eigenvalue weighted by Crippen LogP contribution is 2.07. The van der Waals surface area contributed by atoms with Crippen molar-refractivity contribution in [2.45, 2.75) is 33.2 Å². The summed E-state index contributed by atoms with van der Waals surface area (Å²) in [6, 6.07) is 4.43. The Morgan fingerprint density at radius 1 is 1.37 bits per heavy atom. The Morgan fingerprint density at radius 2 is 2.11 bits per heavy atom. The molecule has 0 aromatic carbocycles. The molecule has 1 rings (SSSR count). The van der Waals surface area contributed by atoms with Gasteiger partial charge < -0.3 is 10.1 Å². The molecule has 0 aliphatic rings. The zero-order valence-corrected chi connectivity index (χ0v) is 11.6. The lowest BCUT2D eigenvalue weighted by Gasteiger charge is -2.18. The van der Waals surface area contributed by atoms with Gasteiger partial charge in [0.05, 0.1) is 6.61 Å². The van der Waals surface area contributed by atoms with Crippen LogP contribution in [-0.4, -0.2) is 29.5 Å². The monoisotopic (exact) mass is 264 g/mol. The lowest BCUT2D eigenvalue weighted by molar-refractivity contribution is -0.145. The van der Waals surface area contributed by atoms with Crippen LogP contribution >= 0.6 is 0 Å². The number of aromatic nitrogens is 1. The zero-order valence-electron chi connectivity index (χ0n) is 11.6. The van der Waals surface area contributed by atoms with Crippen molar-refractivity contribution < 1.29 is 14.3 Å². The molecule has 1 aromatic heterocycles. The van der Waals surface area contributed by atoms with Gasteiger partial charge in [0.15, 0.2) is 0 Å². The van der Waals surface area contributed by atoms with E-state index >= 15 is 0 Å². The van der Waals surface area contributed by atoms with Gasteiger partial charge in [-0.3, -0.25) is 9.78 Å². The number of hydrogen-bond acceptors (Lipinski definition) is 4. The molecular weight excluding hydrogens is 244 g/mol. The normalized spacial score (nSPS) is 12.0. The van der Waals surface area contributed by atoms with E-state index in [2.05, 4.69) is 10.3 Å². The highest BCUT2D eigenvalue weighted by molar-refractivity contribution is 5.95. The van der Waals surface area contributed by atoms with Crippen LogP contribution in [-0.2, 0) is 9.53 Å². The van der Waals surface area contributed by atoms with E-state index in [4.69, 9.17) is 4.74 Å². The van der Waals surface area contributed by atoms with Crippen molar-refractivity contribution in [3.8, 4) is 0 Å². The number of rotatable bonds is 6. The van der Waals surface area contributed by atoms with Crippen LogP contribution in [0.3, 0.4) is 0 Å². The first-order chi connectivity index (χ1) is 9.04. The van der Waals surface area contributed by atoms with Gasteiger partial charge in [-0.15, -0.1) is 0 Å². The molecule has 0 radical (unpaired) electrons. The largest absolute Gasteiger partial charge is 0.464 e. The predicted octanol–water partition coefficient (Wildman–Crippen LogP) is 1.79. The molecule has 1 heterocycles. The molecule has 0 saturated heterocycles. The molecule has 0 fully saturated rings. The Bertz CT molecular complexity index is 418. The first kappa shape index (κ1) is 15.1. The summed E-state index contributed by atoms with van der Waals surface area (Å²) in [6.45, 7) is 6.01. The van der Waals surface area contributed by atoms with E-state index in [9.17, 15) is 9.59 Å². The first-order valence-corrected chi connectivity index (χ1v) is 6.43. The van der Waals surface area contributed by atoms with E-state index in [-0.39, 0.29) is 11.8 Å². The van der Waals surface area contributed by atoms with Crippen molar-refractivity contribution in [1.29, 1.82) is 0 Å². The van der Waals surface area contributed by atoms with E-state index in [1.165, 1.54) is 6.20 Å². The van der Waals surface area contributed by atoms with Crippen molar-refractivity contribution in [2.24, 2.45) is 5.92 Å². The van der Waals surface area contributed by atoms with Crippen LogP contribution in [0.15, 0.2) is 24.4 Å². The summed E-state index contributed by atoms with van der Waals surface area (Å²) >= 11 is 0. The Labute approximate surface area is 113 Å². The zero-order chi connectivity index (χ0) is 14.3. The lowest BCUT2D eigenvalue weighted by atomic mass is 10.0. The van der Waals surface area contributed by atoms with Crippen LogP contribution in [0.1, 0.15) is 37.7 Å². The van der Waals surface area contributed by atoms with Crippen LogP contribution in [0.2, 0.25) is 0 Å². The van der Waals surface area contributed by atoms with Gasteiger partial charge in [0, 0.05) is 6.20 Å². The highest BCUT2D eigenvalue weighted by atomic mass is 16.5. The van der Waals surface area contributed by atoms with Crippen molar-refractivity contribution in [3.63, 3.8) is 0 Å². The van der Waals surface area contributed by atoms with Gasteiger partial charge in [0.2, 0.25) is 0 Å². The van der Waals surface area contributed by atoms with Crippen LogP contribution in [0.5, 0.6) is 0 Å². The minimum absolute atomic E-state index is 0.276. The Hall–Kier alpha value is -1.91. The second kappa shape index (κ2) is 7.51. The predicted molar refractivity (Wildman–Crippen MR) is 71.6 cm³/mol. The molecule has 0 saturated carbocycles. The number of carbonyl (C=O) groups excluding carboxylic acids is 2. The number of hydrogen-bond donors (Lipinski definition) is 1. The summed E-state index contributed by atoms with van der Waals surface area (Å²) < 4.78 is 4.97. The number of nitrogens with zero attached hydrogens (tertiary/aromatic N) is 1. The lowest BCUT2D eigenvalue weighted by Crippen LogP contribution is -2.43. The fourth-order valence-electron chi connectivity index (χ4n) is 1.66. The average Bonchev–Trinajstić information content (AvgIpc) is 2.38.